The molecule has 1 rings (SSSR count). The number of hydrogen-bond acceptors (Lipinski definition) is 3. The number of phenolic OH excluding ortho intramolecular Hbond substituents is 1. The van der Waals surface area contributed by atoms with Crippen LogP contribution in [0.3, 0.4) is 0 Å². The molecule has 0 spiro atoms. The van der Waals surface area contributed by atoms with Crippen molar-refractivity contribution in [2.75, 3.05) is 0 Å². The number of phenols is 1. The first-order valence-electron chi connectivity index (χ1n) is 5.29. The van der Waals surface area contributed by atoms with E-state index in [4.69, 9.17) is 4.74 Å². The van der Waals surface area contributed by atoms with E-state index in [1.54, 1.807) is 6.07 Å². The van der Waals surface area contributed by atoms with E-state index in [-0.39, 0.29) is 17.5 Å². The molecular weight excluding hydrogens is 432 g/mol. The van der Waals surface area contributed by atoms with Gasteiger partial charge < -0.3 is 9.84 Å². The van der Waals surface area contributed by atoms with Crippen LogP contribution in [0.5, 0.6) is 11.5 Å². The van der Waals surface area contributed by atoms with E-state index < -0.39 is 5.41 Å². The summed E-state index contributed by atoms with van der Waals surface area (Å²) in [5, 5.41) is 9.78. The molecule has 0 unspecified atom stereocenters. The normalized spacial score (nSPS) is 11.4. The first kappa shape index (κ1) is 16.0. The Morgan fingerprint density at radius 2 is 1.89 bits per heavy atom. The third-order valence-electron chi connectivity index (χ3n) is 2.74. The summed E-state index contributed by atoms with van der Waals surface area (Å²) in [5.41, 5.74) is -0.568. The molecule has 3 nitrogen and oxygen atoms in total. The third-order valence-corrected chi connectivity index (χ3v) is 4.66. The fraction of sp³-hybridized carbons (Fsp3) is 0.417. The number of ether oxygens (including phenoxy) is 1. The molecule has 0 aromatic heterocycles. The van der Waals surface area contributed by atoms with Crippen LogP contribution in [0.4, 0.5) is 0 Å². The molecule has 0 amide bonds. The SMILES string of the molecule is CCC(C)(C)C(=O)Oc1c(Br)cc(Br)c(O)c1Br. The second kappa shape index (κ2) is 5.92. The number of halogens is 3. The van der Waals surface area contributed by atoms with Crippen LogP contribution in [0.25, 0.3) is 0 Å². The molecule has 0 fully saturated rings. The van der Waals surface area contributed by atoms with E-state index >= 15 is 0 Å². The Hall–Kier alpha value is -0.0700. The van der Waals surface area contributed by atoms with Crippen molar-refractivity contribution in [2.45, 2.75) is 27.2 Å². The number of esters is 1. The summed E-state index contributed by atoms with van der Waals surface area (Å²) in [7, 11) is 0. The minimum Gasteiger partial charge on any atom is -0.505 e. The lowest BCUT2D eigenvalue weighted by Gasteiger charge is -2.21. The lowest BCUT2D eigenvalue weighted by atomic mass is 9.91. The quantitative estimate of drug-likeness (QED) is 0.526. The van der Waals surface area contributed by atoms with Crippen LogP contribution in [0.2, 0.25) is 0 Å². The predicted octanol–water partition coefficient (Wildman–Crippen LogP) is 5.02. The molecule has 0 aliphatic carbocycles. The monoisotopic (exact) mass is 442 g/mol. The molecule has 1 aromatic rings. The average molecular weight is 445 g/mol. The van der Waals surface area contributed by atoms with Crippen LogP contribution in [0.1, 0.15) is 27.2 Å². The van der Waals surface area contributed by atoms with Crippen molar-refractivity contribution in [3.05, 3.63) is 19.5 Å². The Balaban J connectivity index is 3.14. The van der Waals surface area contributed by atoms with Gasteiger partial charge in [-0.05, 0) is 74.1 Å². The summed E-state index contributed by atoms with van der Waals surface area (Å²) in [4.78, 5) is 12.0. The molecule has 0 aliphatic heterocycles. The molecular formula is C12H13Br3O3. The minimum absolute atomic E-state index is 0.00435. The van der Waals surface area contributed by atoms with Crippen LogP contribution in [0.15, 0.2) is 19.5 Å². The summed E-state index contributed by atoms with van der Waals surface area (Å²) in [5.74, 6) is -0.0642. The van der Waals surface area contributed by atoms with E-state index in [1.807, 2.05) is 20.8 Å². The molecule has 0 saturated heterocycles. The van der Waals surface area contributed by atoms with Gasteiger partial charge in [-0.2, -0.15) is 0 Å². The maximum Gasteiger partial charge on any atom is 0.316 e. The van der Waals surface area contributed by atoms with Gasteiger partial charge >= 0.3 is 5.97 Å². The predicted molar refractivity (Wildman–Crippen MR) is 80.9 cm³/mol. The Labute approximate surface area is 131 Å². The summed E-state index contributed by atoms with van der Waals surface area (Å²) < 4.78 is 6.78. The van der Waals surface area contributed by atoms with E-state index in [9.17, 15) is 9.90 Å². The topological polar surface area (TPSA) is 46.5 Å². The van der Waals surface area contributed by atoms with E-state index in [0.717, 1.165) is 0 Å². The van der Waals surface area contributed by atoms with Crippen LogP contribution in [-0.2, 0) is 4.79 Å². The van der Waals surface area contributed by atoms with Crippen molar-refractivity contribution >= 4 is 53.8 Å². The highest BCUT2D eigenvalue weighted by atomic mass is 79.9. The molecule has 1 N–H and O–H groups in total. The number of carbonyl (C=O) groups is 1. The van der Waals surface area contributed by atoms with Crippen molar-refractivity contribution in [1.82, 2.24) is 0 Å². The number of rotatable bonds is 3. The van der Waals surface area contributed by atoms with E-state index in [2.05, 4.69) is 47.8 Å². The van der Waals surface area contributed by atoms with Gasteiger partial charge in [0.25, 0.3) is 0 Å². The average Bonchev–Trinajstić information content (AvgIpc) is 2.31. The zero-order valence-electron chi connectivity index (χ0n) is 10.2. The first-order valence-corrected chi connectivity index (χ1v) is 7.67. The van der Waals surface area contributed by atoms with Crippen molar-refractivity contribution in [1.29, 1.82) is 0 Å². The largest absolute Gasteiger partial charge is 0.505 e. The number of benzene rings is 1. The van der Waals surface area contributed by atoms with Gasteiger partial charge in [0.1, 0.15) is 10.2 Å². The zero-order valence-corrected chi connectivity index (χ0v) is 14.9. The third kappa shape index (κ3) is 3.27. The van der Waals surface area contributed by atoms with Crippen molar-refractivity contribution < 1.29 is 14.6 Å². The molecule has 0 heterocycles. The fourth-order valence-electron chi connectivity index (χ4n) is 1.03. The maximum absolute atomic E-state index is 12.0. The van der Waals surface area contributed by atoms with E-state index in [0.29, 0.717) is 19.8 Å². The van der Waals surface area contributed by atoms with Crippen LogP contribution in [-0.4, -0.2) is 11.1 Å². The second-order valence-electron chi connectivity index (χ2n) is 4.46. The Morgan fingerprint density at radius 1 is 1.33 bits per heavy atom. The van der Waals surface area contributed by atoms with Gasteiger partial charge in [-0.3, -0.25) is 4.79 Å². The first-order chi connectivity index (χ1) is 8.20. The van der Waals surface area contributed by atoms with Crippen LogP contribution >= 0.6 is 47.8 Å². The lowest BCUT2D eigenvalue weighted by molar-refractivity contribution is -0.144. The second-order valence-corrected chi connectivity index (χ2v) is 6.96. The Bertz CT molecular complexity index is 484. The molecule has 0 saturated carbocycles. The molecule has 1 aromatic carbocycles. The zero-order chi connectivity index (χ0) is 14.1. The van der Waals surface area contributed by atoms with Gasteiger partial charge in [0.15, 0.2) is 5.75 Å². The fourth-order valence-corrected chi connectivity index (χ4v) is 3.31. The molecule has 100 valence electrons. The summed E-state index contributed by atoms with van der Waals surface area (Å²) in [6.45, 7) is 5.55. The number of aromatic hydroxyl groups is 1. The Morgan fingerprint density at radius 3 is 2.39 bits per heavy atom. The van der Waals surface area contributed by atoms with Gasteiger partial charge in [-0.25, -0.2) is 0 Å². The Kier molecular flexibility index (Phi) is 5.26. The lowest BCUT2D eigenvalue weighted by Crippen LogP contribution is -2.28. The minimum atomic E-state index is -0.568. The van der Waals surface area contributed by atoms with Crippen molar-refractivity contribution in [2.24, 2.45) is 5.41 Å². The van der Waals surface area contributed by atoms with E-state index in [1.165, 1.54) is 0 Å². The van der Waals surface area contributed by atoms with Gasteiger partial charge in [-0.15, -0.1) is 0 Å². The molecule has 0 bridgehead atoms. The van der Waals surface area contributed by atoms with Crippen LogP contribution in [0, 0.1) is 5.41 Å². The van der Waals surface area contributed by atoms with Gasteiger partial charge in [-0.1, -0.05) is 6.92 Å². The van der Waals surface area contributed by atoms with Crippen molar-refractivity contribution in [3.8, 4) is 11.5 Å². The highest BCUT2D eigenvalue weighted by Gasteiger charge is 2.29. The molecule has 18 heavy (non-hydrogen) atoms. The number of carbonyl (C=O) groups excluding carboxylic acids is 1. The van der Waals surface area contributed by atoms with Gasteiger partial charge in [0.05, 0.1) is 14.4 Å². The molecule has 6 heteroatoms. The summed E-state index contributed by atoms with van der Waals surface area (Å²) in [6, 6.07) is 1.63. The highest BCUT2D eigenvalue weighted by Crippen LogP contribution is 2.45. The van der Waals surface area contributed by atoms with Crippen LogP contribution < -0.4 is 4.74 Å². The number of hydrogen-bond donors (Lipinski definition) is 1. The standard InChI is InChI=1S/C12H13Br3O3/c1-4-12(2,3)11(17)18-10-7(14)5-6(13)9(16)8(10)15/h5,16H,4H2,1-3H3. The summed E-state index contributed by atoms with van der Waals surface area (Å²) >= 11 is 9.71. The molecule has 0 atom stereocenters. The molecule has 0 radical (unpaired) electrons. The van der Waals surface area contributed by atoms with Gasteiger partial charge in [0.2, 0.25) is 0 Å². The highest BCUT2D eigenvalue weighted by molar-refractivity contribution is 9.11. The van der Waals surface area contributed by atoms with Crippen molar-refractivity contribution in [3.63, 3.8) is 0 Å². The molecule has 0 aliphatic rings. The maximum atomic E-state index is 12.0. The van der Waals surface area contributed by atoms with Gasteiger partial charge in [0, 0.05) is 0 Å². The summed E-state index contributed by atoms with van der Waals surface area (Å²) in [6.07, 6.45) is 0.670. The smallest absolute Gasteiger partial charge is 0.316 e.